The van der Waals surface area contributed by atoms with Crippen molar-refractivity contribution in [3.8, 4) is 0 Å². The van der Waals surface area contributed by atoms with Crippen molar-refractivity contribution >= 4 is 17.3 Å². The van der Waals surface area contributed by atoms with Crippen molar-refractivity contribution in [3.05, 3.63) is 16.6 Å². The van der Waals surface area contributed by atoms with E-state index in [4.69, 9.17) is 0 Å². The summed E-state index contributed by atoms with van der Waals surface area (Å²) in [7, 11) is 0. The van der Waals surface area contributed by atoms with Crippen molar-refractivity contribution in [3.63, 3.8) is 0 Å². The third-order valence-electron chi connectivity index (χ3n) is 5.82. The first-order valence-corrected chi connectivity index (χ1v) is 9.60. The predicted octanol–water partition coefficient (Wildman–Crippen LogP) is 2.15. The molecule has 0 amide bonds. The first kappa shape index (κ1) is 15.5. The molecule has 4 rings (SSSR count). The van der Waals surface area contributed by atoms with Gasteiger partial charge >= 0.3 is 5.97 Å². The summed E-state index contributed by atoms with van der Waals surface area (Å²) in [6.07, 6.45) is 6.31. The quantitative estimate of drug-likeness (QED) is 0.893. The van der Waals surface area contributed by atoms with Gasteiger partial charge in [-0.25, -0.2) is 4.98 Å². The molecule has 1 saturated carbocycles. The molecule has 2 atom stereocenters. The number of hydrogen-bond acceptors (Lipinski definition) is 5. The van der Waals surface area contributed by atoms with Crippen LogP contribution in [0.3, 0.4) is 0 Å². The number of aromatic nitrogens is 1. The molecule has 1 aliphatic carbocycles. The van der Waals surface area contributed by atoms with Gasteiger partial charge < -0.3 is 10.0 Å². The van der Waals surface area contributed by atoms with Crippen molar-refractivity contribution in [1.29, 1.82) is 0 Å². The van der Waals surface area contributed by atoms with E-state index >= 15 is 0 Å². The van der Waals surface area contributed by atoms with Crippen LogP contribution in [-0.4, -0.2) is 58.6 Å². The summed E-state index contributed by atoms with van der Waals surface area (Å²) < 4.78 is 0. The van der Waals surface area contributed by atoms with E-state index in [-0.39, 0.29) is 5.92 Å². The Morgan fingerprint density at radius 1 is 1.39 bits per heavy atom. The maximum absolute atomic E-state index is 12.1. The number of fused-ring (bicyclic) bond motifs is 1. The fraction of sp³-hybridized carbons (Fsp3) is 0.765. The number of carbonyl (C=O) groups is 1. The second-order valence-corrected chi connectivity index (χ2v) is 8.54. The monoisotopic (exact) mass is 335 g/mol. The lowest BCUT2D eigenvalue weighted by atomic mass is 9.75. The standard InChI is InChI=1S/C17H25N3O2S/c21-16(22)17-4-1-6-19(11-15-18-5-7-23-15)9-14(17)10-20(12-17)8-13-2-3-13/h5,7,13-14H,1-4,6,8-12H2,(H,21,22)/t14-,17-/m1/s1. The number of thiazole rings is 1. The predicted molar refractivity (Wildman–Crippen MR) is 89.3 cm³/mol. The molecule has 3 aliphatic rings. The molecule has 0 bridgehead atoms. The third kappa shape index (κ3) is 3.16. The van der Waals surface area contributed by atoms with Gasteiger partial charge in [-0.15, -0.1) is 11.3 Å². The van der Waals surface area contributed by atoms with Crippen LogP contribution in [0.5, 0.6) is 0 Å². The number of rotatable bonds is 5. The normalized spacial score (nSPS) is 32.6. The number of likely N-dealkylation sites (tertiary alicyclic amines) is 2. The summed E-state index contributed by atoms with van der Waals surface area (Å²) in [5, 5.41) is 13.1. The summed E-state index contributed by atoms with van der Waals surface area (Å²) >= 11 is 1.69. The second kappa shape index (κ2) is 6.15. The lowest BCUT2D eigenvalue weighted by Gasteiger charge is -2.29. The first-order chi connectivity index (χ1) is 11.2. The van der Waals surface area contributed by atoms with Gasteiger partial charge in [0, 0.05) is 43.7 Å². The van der Waals surface area contributed by atoms with Gasteiger partial charge in [0.15, 0.2) is 0 Å². The first-order valence-electron chi connectivity index (χ1n) is 8.72. The number of carboxylic acids is 1. The van der Waals surface area contributed by atoms with Crippen LogP contribution in [0, 0.1) is 17.3 Å². The Morgan fingerprint density at radius 2 is 2.22 bits per heavy atom. The van der Waals surface area contributed by atoms with Crippen LogP contribution in [-0.2, 0) is 11.3 Å². The van der Waals surface area contributed by atoms with E-state index in [1.165, 1.54) is 12.8 Å². The molecule has 2 aliphatic heterocycles. The number of carboxylic acid groups (broad SMARTS) is 1. The molecule has 0 unspecified atom stereocenters. The van der Waals surface area contributed by atoms with Crippen LogP contribution in [0.15, 0.2) is 11.6 Å². The van der Waals surface area contributed by atoms with E-state index in [2.05, 4.69) is 14.8 Å². The lowest BCUT2D eigenvalue weighted by Crippen LogP contribution is -2.41. The van der Waals surface area contributed by atoms with Gasteiger partial charge in [0.05, 0.1) is 12.0 Å². The number of hydrogen-bond donors (Lipinski definition) is 1. The highest BCUT2D eigenvalue weighted by Crippen LogP contribution is 2.44. The minimum Gasteiger partial charge on any atom is -0.481 e. The maximum atomic E-state index is 12.1. The van der Waals surface area contributed by atoms with Crippen LogP contribution < -0.4 is 0 Å². The zero-order chi connectivity index (χ0) is 15.9. The molecule has 1 aromatic rings. The molecule has 0 aromatic carbocycles. The minimum absolute atomic E-state index is 0.251. The highest BCUT2D eigenvalue weighted by atomic mass is 32.1. The molecule has 6 heteroatoms. The van der Waals surface area contributed by atoms with E-state index in [1.807, 2.05) is 11.6 Å². The largest absolute Gasteiger partial charge is 0.481 e. The van der Waals surface area contributed by atoms with Crippen LogP contribution in [0.25, 0.3) is 0 Å². The van der Waals surface area contributed by atoms with E-state index in [1.54, 1.807) is 11.3 Å². The molecular weight excluding hydrogens is 310 g/mol. The van der Waals surface area contributed by atoms with Crippen LogP contribution in [0.1, 0.15) is 30.7 Å². The molecule has 0 radical (unpaired) electrons. The summed E-state index contributed by atoms with van der Waals surface area (Å²) in [6, 6.07) is 0. The van der Waals surface area contributed by atoms with E-state index < -0.39 is 11.4 Å². The fourth-order valence-electron chi connectivity index (χ4n) is 4.44. The lowest BCUT2D eigenvalue weighted by molar-refractivity contribution is -0.151. The van der Waals surface area contributed by atoms with Crippen LogP contribution in [0.2, 0.25) is 0 Å². The highest BCUT2D eigenvalue weighted by Gasteiger charge is 2.53. The molecule has 0 spiro atoms. The molecular formula is C17H25N3O2S. The Hall–Kier alpha value is -0.980. The molecule has 3 heterocycles. The highest BCUT2D eigenvalue weighted by molar-refractivity contribution is 7.09. The molecule has 126 valence electrons. The SMILES string of the molecule is O=C(O)[C@@]12CCCN(Cc3nccs3)C[C@@H]1CN(CC1CC1)C2. The minimum atomic E-state index is -0.572. The topological polar surface area (TPSA) is 56.7 Å². The van der Waals surface area contributed by atoms with Crippen LogP contribution >= 0.6 is 11.3 Å². The van der Waals surface area contributed by atoms with E-state index in [9.17, 15) is 9.90 Å². The molecule has 1 N–H and O–H groups in total. The zero-order valence-electron chi connectivity index (χ0n) is 13.5. The van der Waals surface area contributed by atoms with Crippen LogP contribution in [0.4, 0.5) is 0 Å². The molecule has 5 nitrogen and oxygen atoms in total. The van der Waals surface area contributed by atoms with Gasteiger partial charge in [-0.05, 0) is 38.1 Å². The van der Waals surface area contributed by atoms with Crippen molar-refractivity contribution in [2.75, 3.05) is 32.7 Å². The number of nitrogens with zero attached hydrogens (tertiary/aromatic N) is 3. The molecule has 2 saturated heterocycles. The molecule has 23 heavy (non-hydrogen) atoms. The van der Waals surface area contributed by atoms with E-state index in [0.29, 0.717) is 0 Å². The Labute approximate surface area is 141 Å². The van der Waals surface area contributed by atoms with Gasteiger partial charge in [-0.1, -0.05) is 0 Å². The summed E-state index contributed by atoms with van der Waals surface area (Å²) in [5.41, 5.74) is -0.521. The van der Waals surface area contributed by atoms with Crippen molar-refractivity contribution in [1.82, 2.24) is 14.8 Å². The van der Waals surface area contributed by atoms with Gasteiger partial charge in [0.1, 0.15) is 5.01 Å². The van der Waals surface area contributed by atoms with Gasteiger partial charge in [0.25, 0.3) is 0 Å². The molecule has 1 aromatic heterocycles. The van der Waals surface area contributed by atoms with Gasteiger partial charge in [-0.3, -0.25) is 9.69 Å². The van der Waals surface area contributed by atoms with Gasteiger partial charge in [-0.2, -0.15) is 0 Å². The number of aliphatic carboxylic acids is 1. The Morgan fingerprint density at radius 3 is 2.91 bits per heavy atom. The summed E-state index contributed by atoms with van der Waals surface area (Å²) in [6.45, 7) is 5.58. The van der Waals surface area contributed by atoms with Crippen molar-refractivity contribution in [2.45, 2.75) is 32.2 Å². The van der Waals surface area contributed by atoms with Crippen molar-refractivity contribution < 1.29 is 9.90 Å². The average Bonchev–Trinajstić information content (AvgIpc) is 3.09. The van der Waals surface area contributed by atoms with Crippen molar-refractivity contribution in [2.24, 2.45) is 17.3 Å². The second-order valence-electron chi connectivity index (χ2n) is 7.56. The van der Waals surface area contributed by atoms with Gasteiger partial charge in [0.2, 0.25) is 0 Å². The third-order valence-corrected chi connectivity index (χ3v) is 6.59. The smallest absolute Gasteiger partial charge is 0.311 e. The zero-order valence-corrected chi connectivity index (χ0v) is 14.3. The Balaban J connectivity index is 1.49. The summed E-state index contributed by atoms with van der Waals surface area (Å²) in [5.74, 6) is 0.507. The Bertz CT molecular complexity index is 560. The summed E-state index contributed by atoms with van der Waals surface area (Å²) in [4.78, 5) is 21.4. The maximum Gasteiger partial charge on any atom is 0.311 e. The average molecular weight is 335 g/mol. The fourth-order valence-corrected chi connectivity index (χ4v) is 5.09. The Kier molecular flexibility index (Phi) is 4.15. The van der Waals surface area contributed by atoms with E-state index in [0.717, 1.165) is 63.0 Å². The molecule has 3 fully saturated rings.